The molecule has 0 aromatic carbocycles. The lowest BCUT2D eigenvalue weighted by molar-refractivity contribution is 0.0472. The van der Waals surface area contributed by atoms with Gasteiger partial charge in [-0.05, 0) is 38.3 Å². The van der Waals surface area contributed by atoms with Gasteiger partial charge in [0.05, 0.1) is 0 Å². The number of hydrogen-bond acceptors (Lipinski definition) is 3. The Balaban J connectivity index is 1.94. The Kier molecular flexibility index (Phi) is 6.97. The second kappa shape index (κ2) is 8.50. The summed E-state index contributed by atoms with van der Waals surface area (Å²) in [5.41, 5.74) is 0.542. The van der Waals surface area contributed by atoms with Crippen LogP contribution in [0.15, 0.2) is 0 Å². The van der Waals surface area contributed by atoms with Crippen LogP contribution in [-0.4, -0.2) is 61.7 Å². The quantitative estimate of drug-likeness (QED) is 0.760. The second-order valence-electron chi connectivity index (χ2n) is 7.41. The molecule has 0 amide bonds. The molecule has 2 fully saturated rings. The SMILES string of the molecule is CCNCC1(CN2CCN(CC)C(C)C2)CCCCCC1. The first-order valence-electron chi connectivity index (χ1n) is 9.36. The van der Waals surface area contributed by atoms with Crippen molar-refractivity contribution in [2.24, 2.45) is 5.41 Å². The first kappa shape index (κ1) is 17.2. The number of nitrogens with zero attached hydrogens (tertiary/aromatic N) is 2. The molecule has 1 atom stereocenters. The minimum absolute atomic E-state index is 0.542. The average molecular weight is 296 g/mol. The van der Waals surface area contributed by atoms with Gasteiger partial charge in [-0.25, -0.2) is 0 Å². The third-order valence-electron chi connectivity index (χ3n) is 5.73. The van der Waals surface area contributed by atoms with Crippen LogP contribution in [-0.2, 0) is 0 Å². The molecular formula is C18H37N3. The van der Waals surface area contributed by atoms with E-state index in [4.69, 9.17) is 0 Å². The smallest absolute Gasteiger partial charge is 0.0195 e. The second-order valence-corrected chi connectivity index (χ2v) is 7.41. The summed E-state index contributed by atoms with van der Waals surface area (Å²) in [6, 6.07) is 0.728. The highest BCUT2D eigenvalue weighted by Gasteiger charge is 2.34. The molecule has 124 valence electrons. The van der Waals surface area contributed by atoms with Crippen molar-refractivity contribution in [3.05, 3.63) is 0 Å². The first-order valence-corrected chi connectivity index (χ1v) is 9.36. The molecular weight excluding hydrogens is 258 g/mol. The summed E-state index contributed by atoms with van der Waals surface area (Å²) in [7, 11) is 0. The molecule has 1 saturated heterocycles. The molecule has 1 heterocycles. The van der Waals surface area contributed by atoms with Gasteiger partial charge in [-0.3, -0.25) is 9.80 Å². The van der Waals surface area contributed by atoms with Crippen molar-refractivity contribution in [1.82, 2.24) is 15.1 Å². The fourth-order valence-corrected chi connectivity index (χ4v) is 4.42. The largest absolute Gasteiger partial charge is 0.316 e. The molecule has 1 aliphatic heterocycles. The molecule has 1 saturated carbocycles. The molecule has 1 aliphatic carbocycles. The molecule has 0 aromatic heterocycles. The highest BCUT2D eigenvalue weighted by molar-refractivity contribution is 4.89. The van der Waals surface area contributed by atoms with Crippen LogP contribution < -0.4 is 5.32 Å². The summed E-state index contributed by atoms with van der Waals surface area (Å²) in [6.45, 7) is 15.6. The Bertz CT molecular complexity index is 284. The van der Waals surface area contributed by atoms with E-state index in [0.29, 0.717) is 5.41 Å². The van der Waals surface area contributed by atoms with E-state index < -0.39 is 0 Å². The van der Waals surface area contributed by atoms with Gasteiger partial charge in [-0.2, -0.15) is 0 Å². The van der Waals surface area contributed by atoms with E-state index >= 15 is 0 Å². The van der Waals surface area contributed by atoms with Crippen LogP contribution in [0.1, 0.15) is 59.3 Å². The van der Waals surface area contributed by atoms with Gasteiger partial charge in [-0.15, -0.1) is 0 Å². The van der Waals surface area contributed by atoms with E-state index in [1.807, 2.05) is 0 Å². The van der Waals surface area contributed by atoms with Gasteiger partial charge in [0.1, 0.15) is 0 Å². The Morgan fingerprint density at radius 2 is 1.76 bits per heavy atom. The van der Waals surface area contributed by atoms with E-state index in [2.05, 4.69) is 35.9 Å². The van der Waals surface area contributed by atoms with Crippen LogP contribution in [0.4, 0.5) is 0 Å². The fraction of sp³-hybridized carbons (Fsp3) is 1.00. The fourth-order valence-electron chi connectivity index (χ4n) is 4.42. The van der Waals surface area contributed by atoms with Crippen LogP contribution in [0, 0.1) is 5.41 Å². The predicted octanol–water partition coefficient (Wildman–Crippen LogP) is 2.96. The van der Waals surface area contributed by atoms with E-state index in [1.54, 1.807) is 0 Å². The van der Waals surface area contributed by atoms with Gasteiger partial charge in [0.15, 0.2) is 0 Å². The Morgan fingerprint density at radius 3 is 2.33 bits per heavy atom. The number of piperazine rings is 1. The van der Waals surface area contributed by atoms with Crippen LogP contribution in [0.25, 0.3) is 0 Å². The molecule has 21 heavy (non-hydrogen) atoms. The maximum Gasteiger partial charge on any atom is 0.0195 e. The maximum atomic E-state index is 3.67. The number of nitrogens with one attached hydrogen (secondary N) is 1. The van der Waals surface area contributed by atoms with Crippen molar-refractivity contribution >= 4 is 0 Å². The van der Waals surface area contributed by atoms with Gasteiger partial charge in [0.2, 0.25) is 0 Å². The summed E-state index contributed by atoms with van der Waals surface area (Å²) in [6.07, 6.45) is 8.65. The third-order valence-corrected chi connectivity index (χ3v) is 5.73. The van der Waals surface area contributed by atoms with Gasteiger partial charge >= 0.3 is 0 Å². The molecule has 0 aromatic rings. The topological polar surface area (TPSA) is 18.5 Å². The molecule has 2 rings (SSSR count). The summed E-state index contributed by atoms with van der Waals surface area (Å²) in [5, 5.41) is 3.67. The summed E-state index contributed by atoms with van der Waals surface area (Å²) in [4.78, 5) is 5.39. The molecule has 0 spiro atoms. The zero-order chi connectivity index (χ0) is 15.1. The minimum atomic E-state index is 0.542. The maximum absolute atomic E-state index is 3.67. The molecule has 1 unspecified atom stereocenters. The molecule has 0 bridgehead atoms. The Morgan fingerprint density at radius 1 is 1.05 bits per heavy atom. The van der Waals surface area contributed by atoms with Crippen molar-refractivity contribution in [3.63, 3.8) is 0 Å². The molecule has 1 N–H and O–H groups in total. The zero-order valence-corrected chi connectivity index (χ0v) is 14.7. The van der Waals surface area contributed by atoms with Crippen molar-refractivity contribution in [3.8, 4) is 0 Å². The number of hydrogen-bond donors (Lipinski definition) is 1. The normalized spacial score (nSPS) is 28.4. The minimum Gasteiger partial charge on any atom is -0.316 e. The van der Waals surface area contributed by atoms with Gasteiger partial charge in [0.25, 0.3) is 0 Å². The molecule has 0 radical (unpaired) electrons. The molecule has 3 heteroatoms. The number of likely N-dealkylation sites (N-methyl/N-ethyl adjacent to an activating group) is 1. The Hall–Kier alpha value is -0.120. The van der Waals surface area contributed by atoms with E-state index in [1.165, 1.54) is 77.8 Å². The lowest BCUT2D eigenvalue weighted by atomic mass is 9.79. The Labute approximate surface area is 132 Å². The molecule has 2 aliphatic rings. The van der Waals surface area contributed by atoms with Crippen molar-refractivity contribution in [1.29, 1.82) is 0 Å². The highest BCUT2D eigenvalue weighted by Crippen LogP contribution is 2.36. The van der Waals surface area contributed by atoms with Crippen LogP contribution in [0.3, 0.4) is 0 Å². The summed E-state index contributed by atoms with van der Waals surface area (Å²) < 4.78 is 0. The van der Waals surface area contributed by atoms with E-state index in [-0.39, 0.29) is 0 Å². The zero-order valence-electron chi connectivity index (χ0n) is 14.7. The van der Waals surface area contributed by atoms with E-state index in [0.717, 1.165) is 12.6 Å². The molecule has 3 nitrogen and oxygen atoms in total. The third kappa shape index (κ3) is 4.94. The lowest BCUT2D eigenvalue weighted by Gasteiger charge is -2.44. The lowest BCUT2D eigenvalue weighted by Crippen LogP contribution is -2.55. The van der Waals surface area contributed by atoms with Gasteiger partial charge < -0.3 is 5.32 Å². The predicted molar refractivity (Wildman–Crippen MR) is 91.8 cm³/mol. The summed E-state index contributed by atoms with van der Waals surface area (Å²) in [5.74, 6) is 0. The average Bonchev–Trinajstić information content (AvgIpc) is 2.71. The van der Waals surface area contributed by atoms with Gasteiger partial charge in [-0.1, -0.05) is 39.5 Å². The standard InChI is InChI=1S/C18H37N3/c1-4-19-15-18(10-8-6-7-9-11-18)16-20-12-13-21(5-2)17(3)14-20/h17,19H,4-16H2,1-3H3. The van der Waals surface area contributed by atoms with Crippen molar-refractivity contribution in [2.45, 2.75) is 65.3 Å². The van der Waals surface area contributed by atoms with Gasteiger partial charge in [0, 0.05) is 38.8 Å². The van der Waals surface area contributed by atoms with Crippen molar-refractivity contribution in [2.75, 3.05) is 45.8 Å². The summed E-state index contributed by atoms with van der Waals surface area (Å²) >= 11 is 0. The first-order chi connectivity index (χ1) is 10.2. The number of rotatable bonds is 6. The van der Waals surface area contributed by atoms with Crippen LogP contribution in [0.2, 0.25) is 0 Å². The van der Waals surface area contributed by atoms with E-state index in [9.17, 15) is 0 Å². The highest BCUT2D eigenvalue weighted by atomic mass is 15.3. The van der Waals surface area contributed by atoms with Crippen LogP contribution >= 0.6 is 0 Å². The monoisotopic (exact) mass is 295 g/mol. The van der Waals surface area contributed by atoms with Crippen LogP contribution in [0.5, 0.6) is 0 Å². The van der Waals surface area contributed by atoms with Crippen molar-refractivity contribution < 1.29 is 0 Å².